The molecule has 0 spiro atoms. The van der Waals surface area contributed by atoms with Crippen molar-refractivity contribution in [1.29, 1.82) is 5.26 Å². The topological polar surface area (TPSA) is 159 Å². The van der Waals surface area contributed by atoms with Gasteiger partial charge in [0.15, 0.2) is 0 Å². The van der Waals surface area contributed by atoms with Crippen LogP contribution >= 0.6 is 11.6 Å². The van der Waals surface area contributed by atoms with Gasteiger partial charge in [-0.1, -0.05) is 17.7 Å². The molecular weight excluding hydrogens is 742 g/mol. The van der Waals surface area contributed by atoms with Crippen LogP contribution in [-0.2, 0) is 4.79 Å². The van der Waals surface area contributed by atoms with Gasteiger partial charge in [-0.3, -0.25) is 19.8 Å². The summed E-state index contributed by atoms with van der Waals surface area (Å²) in [7, 11) is 0. The number of H-pyrrole nitrogens is 1. The number of benzene rings is 2. The number of urea groups is 1. The van der Waals surface area contributed by atoms with E-state index in [-0.39, 0.29) is 23.9 Å². The number of nitrogens with one attached hydrogen (secondary N) is 3. The number of fused-ring (bicyclic) bond motifs is 2. The molecule has 9 rings (SSSR count). The van der Waals surface area contributed by atoms with E-state index in [0.29, 0.717) is 41.2 Å². The van der Waals surface area contributed by atoms with Crippen molar-refractivity contribution in [2.24, 2.45) is 5.92 Å². The molecule has 3 aromatic heterocycles. The summed E-state index contributed by atoms with van der Waals surface area (Å²) < 4.78 is 2.37. The first kappa shape index (κ1) is 37.0. The van der Waals surface area contributed by atoms with E-state index in [9.17, 15) is 19.6 Å². The molecule has 7 heterocycles. The average Bonchev–Trinajstić information content (AvgIpc) is 3.88. The number of halogens is 1. The molecule has 4 saturated heterocycles. The molecular formula is C42H46ClN11O3. The minimum Gasteiger partial charge on any atom is -0.370 e. The zero-order chi connectivity index (χ0) is 39.0. The maximum Gasteiger partial charge on any atom is 0.328 e. The molecule has 15 heteroatoms. The van der Waals surface area contributed by atoms with E-state index >= 15 is 0 Å². The number of rotatable bonds is 8. The fraction of sp³-hybridized carbons (Fsp3) is 0.429. The van der Waals surface area contributed by atoms with E-state index in [1.807, 2.05) is 24.3 Å². The Bertz CT molecular complexity index is 2340. The summed E-state index contributed by atoms with van der Waals surface area (Å²) >= 11 is 6.41. The lowest BCUT2D eigenvalue weighted by Crippen LogP contribution is -2.49. The van der Waals surface area contributed by atoms with Gasteiger partial charge in [0.1, 0.15) is 17.6 Å². The van der Waals surface area contributed by atoms with Crippen molar-refractivity contribution in [3.63, 3.8) is 0 Å². The van der Waals surface area contributed by atoms with Crippen LogP contribution in [0.3, 0.4) is 0 Å². The lowest BCUT2D eigenvalue weighted by Gasteiger charge is -2.38. The number of carbonyl (C=O) groups excluding carboxylic acids is 3. The summed E-state index contributed by atoms with van der Waals surface area (Å²) in [6, 6.07) is 14.3. The quantitative estimate of drug-likeness (QED) is 0.176. The van der Waals surface area contributed by atoms with Crippen LogP contribution in [0, 0.1) is 17.2 Å². The van der Waals surface area contributed by atoms with Gasteiger partial charge in [0, 0.05) is 94.0 Å². The fourth-order valence-corrected chi connectivity index (χ4v) is 9.54. The van der Waals surface area contributed by atoms with Crippen molar-refractivity contribution in [3.8, 4) is 6.07 Å². The number of hydrogen-bond donors (Lipinski definition) is 3. The van der Waals surface area contributed by atoms with Crippen molar-refractivity contribution in [3.05, 3.63) is 77.5 Å². The summed E-state index contributed by atoms with van der Waals surface area (Å²) in [6.45, 7) is 6.97. The van der Waals surface area contributed by atoms with Gasteiger partial charge >= 0.3 is 6.03 Å². The third-order valence-corrected chi connectivity index (χ3v) is 12.7. The molecule has 0 radical (unpaired) electrons. The smallest absolute Gasteiger partial charge is 0.328 e. The lowest BCUT2D eigenvalue weighted by atomic mass is 9.94. The molecule has 14 nitrogen and oxygen atoms in total. The number of nitriles is 1. The Kier molecular flexibility index (Phi) is 10.2. The maximum atomic E-state index is 13.1. The summed E-state index contributed by atoms with van der Waals surface area (Å²) in [4.78, 5) is 58.6. The second-order valence-corrected chi connectivity index (χ2v) is 16.2. The number of anilines is 3. The number of aromatic nitrogens is 4. The summed E-state index contributed by atoms with van der Waals surface area (Å²) in [6.07, 6.45) is 13.4. The van der Waals surface area contributed by atoms with Crippen LogP contribution in [-0.4, -0.2) is 101 Å². The molecule has 4 aliphatic rings. The van der Waals surface area contributed by atoms with E-state index < -0.39 is 0 Å². The molecule has 0 atom stereocenters. The van der Waals surface area contributed by atoms with Gasteiger partial charge in [-0.2, -0.15) is 5.26 Å². The van der Waals surface area contributed by atoms with Crippen LogP contribution in [0.5, 0.6) is 0 Å². The molecule has 4 fully saturated rings. The number of aromatic amines is 1. The summed E-state index contributed by atoms with van der Waals surface area (Å²) in [5, 5.41) is 17.4. The van der Waals surface area contributed by atoms with Gasteiger partial charge in [-0.05, 0) is 74.8 Å². The molecule has 5 aromatic rings. The minimum atomic E-state index is -0.353. The van der Waals surface area contributed by atoms with Crippen LogP contribution in [0.15, 0.2) is 61.2 Å². The van der Waals surface area contributed by atoms with Crippen molar-refractivity contribution in [1.82, 2.24) is 35.1 Å². The summed E-state index contributed by atoms with van der Waals surface area (Å²) in [5.74, 6) is 1.02. The molecule has 2 aromatic carbocycles. The molecule has 57 heavy (non-hydrogen) atoms. The van der Waals surface area contributed by atoms with E-state index in [4.69, 9.17) is 11.6 Å². The van der Waals surface area contributed by atoms with Crippen LogP contribution < -0.4 is 25.3 Å². The average molecular weight is 788 g/mol. The van der Waals surface area contributed by atoms with Crippen LogP contribution in [0.25, 0.3) is 21.8 Å². The molecule has 0 bridgehead atoms. The Balaban J connectivity index is 0.721. The second kappa shape index (κ2) is 15.7. The molecule has 4 aliphatic heterocycles. The first-order valence-corrected chi connectivity index (χ1v) is 20.5. The Hall–Kier alpha value is -5.65. The SMILES string of the molecule is N#Cc1c[nH]c2c(N3CCC(NC(=O)c4cnc(N5CCC(CN6CCC(n7ccc8c(N9CCC(=O)NC9=O)cccc87)CC6)CC5)cn4)CC3)ccc(Cl)c12. The van der Waals surface area contributed by atoms with Gasteiger partial charge in [0.05, 0.1) is 45.4 Å². The minimum absolute atomic E-state index is 0.0355. The Morgan fingerprint density at radius 3 is 2.42 bits per heavy atom. The van der Waals surface area contributed by atoms with Crippen molar-refractivity contribution in [2.75, 3.05) is 67.1 Å². The van der Waals surface area contributed by atoms with Gasteiger partial charge in [0.25, 0.3) is 5.91 Å². The second-order valence-electron chi connectivity index (χ2n) is 15.8. The highest BCUT2D eigenvalue weighted by molar-refractivity contribution is 6.36. The van der Waals surface area contributed by atoms with Crippen LogP contribution in [0.2, 0.25) is 5.02 Å². The standard InChI is InChI=1S/C42H46ClN11O3/c43-32-4-5-36(40-39(32)28(22-44)23-47-40)51-18-8-29(9-19-51)48-41(56)33-24-46-37(25-45-33)52-16-6-27(7-17-52)26-50-14-10-30(11-15-50)53-20-12-31-34(53)2-1-3-35(31)54-21-13-38(55)49-42(54)57/h1-5,12,20,23-25,27,29-30,47H,6-11,13-19,21,26H2,(H,48,56)(H,49,55,57). The van der Waals surface area contributed by atoms with E-state index in [0.717, 1.165) is 123 Å². The zero-order valence-corrected chi connectivity index (χ0v) is 32.5. The third-order valence-electron chi connectivity index (χ3n) is 12.4. The predicted octanol–water partition coefficient (Wildman–Crippen LogP) is 5.84. The number of nitrogens with zero attached hydrogens (tertiary/aromatic N) is 8. The largest absolute Gasteiger partial charge is 0.370 e. The Labute approximate surface area is 335 Å². The van der Waals surface area contributed by atoms with Crippen LogP contribution in [0.4, 0.5) is 22.0 Å². The van der Waals surface area contributed by atoms with Gasteiger partial charge in [0.2, 0.25) is 5.91 Å². The normalized spacial score (nSPS) is 19.3. The number of piperidine rings is 3. The first-order valence-electron chi connectivity index (χ1n) is 20.1. The predicted molar refractivity (Wildman–Crippen MR) is 220 cm³/mol. The Morgan fingerprint density at radius 2 is 1.68 bits per heavy atom. The number of imide groups is 1. The van der Waals surface area contributed by atoms with E-state index in [1.165, 1.54) is 0 Å². The number of carbonyl (C=O) groups is 3. The molecule has 294 valence electrons. The van der Waals surface area contributed by atoms with Crippen molar-refractivity contribution < 1.29 is 14.4 Å². The molecule has 0 unspecified atom stereocenters. The van der Waals surface area contributed by atoms with Crippen LogP contribution in [0.1, 0.15) is 67.0 Å². The number of hydrogen-bond acceptors (Lipinski definition) is 9. The first-order chi connectivity index (χ1) is 27.8. The third kappa shape index (κ3) is 7.37. The van der Waals surface area contributed by atoms with Crippen molar-refractivity contribution in [2.45, 2.75) is 57.0 Å². The van der Waals surface area contributed by atoms with E-state index in [2.05, 4.69) is 69.3 Å². The molecule has 4 amide bonds. The molecule has 0 aliphatic carbocycles. The fourth-order valence-electron chi connectivity index (χ4n) is 9.28. The Morgan fingerprint density at radius 1 is 0.895 bits per heavy atom. The molecule has 3 N–H and O–H groups in total. The monoisotopic (exact) mass is 787 g/mol. The number of likely N-dealkylation sites (tertiary alicyclic amines) is 1. The van der Waals surface area contributed by atoms with Gasteiger partial charge in [-0.15, -0.1) is 0 Å². The number of amides is 4. The lowest BCUT2D eigenvalue weighted by molar-refractivity contribution is -0.120. The highest BCUT2D eigenvalue weighted by Crippen LogP contribution is 2.36. The maximum absolute atomic E-state index is 13.1. The van der Waals surface area contributed by atoms with Gasteiger partial charge < -0.3 is 29.6 Å². The zero-order valence-electron chi connectivity index (χ0n) is 31.8. The highest BCUT2D eigenvalue weighted by Gasteiger charge is 2.30. The van der Waals surface area contributed by atoms with Gasteiger partial charge in [-0.25, -0.2) is 14.8 Å². The highest BCUT2D eigenvalue weighted by atomic mass is 35.5. The van der Waals surface area contributed by atoms with E-state index in [1.54, 1.807) is 23.5 Å². The summed E-state index contributed by atoms with van der Waals surface area (Å²) in [5.41, 5.74) is 4.72. The van der Waals surface area contributed by atoms with Crippen molar-refractivity contribution >= 4 is 68.4 Å². The molecule has 0 saturated carbocycles.